The fourth-order valence-electron chi connectivity index (χ4n) is 4.71. The van der Waals surface area contributed by atoms with Crippen molar-refractivity contribution in [2.45, 2.75) is 45.1 Å². The molecule has 1 fully saturated rings. The van der Waals surface area contributed by atoms with Gasteiger partial charge in [-0.3, -0.25) is 9.69 Å². The van der Waals surface area contributed by atoms with Crippen LogP contribution in [-0.2, 0) is 5.41 Å². The molecule has 2 aliphatic rings. The lowest BCUT2D eigenvalue weighted by atomic mass is 9.86. The highest BCUT2D eigenvalue weighted by atomic mass is 16.6. The average molecular weight is 476 g/mol. The Balaban J connectivity index is 1.28. The molecule has 1 N–H and O–H groups in total. The Hall–Kier alpha value is -3.32. The first kappa shape index (κ1) is 23.4. The zero-order valence-corrected chi connectivity index (χ0v) is 20.7. The van der Waals surface area contributed by atoms with Gasteiger partial charge in [0.15, 0.2) is 23.0 Å². The number of amides is 1. The number of nitrogens with one attached hydrogen (secondary N) is 1. The Morgan fingerprint density at radius 1 is 1.00 bits per heavy atom. The summed E-state index contributed by atoms with van der Waals surface area (Å²) >= 11 is 0. The van der Waals surface area contributed by atoms with Crippen LogP contribution in [0.25, 0.3) is 11.3 Å². The quantitative estimate of drug-likeness (QED) is 0.542. The van der Waals surface area contributed by atoms with Gasteiger partial charge in [0.2, 0.25) is 0 Å². The summed E-state index contributed by atoms with van der Waals surface area (Å²) in [6.07, 6.45) is 2.37. The van der Waals surface area contributed by atoms with Crippen molar-refractivity contribution in [3.05, 3.63) is 65.4 Å². The number of nitrogens with zero attached hydrogens (tertiary/aromatic N) is 2. The molecule has 184 valence electrons. The van der Waals surface area contributed by atoms with Gasteiger partial charge in [0, 0.05) is 18.2 Å². The Kier molecular flexibility index (Phi) is 6.52. The van der Waals surface area contributed by atoms with Crippen LogP contribution >= 0.6 is 0 Å². The molecule has 0 aliphatic carbocycles. The molecule has 1 atom stereocenters. The number of carbonyl (C=O) groups is 1. The van der Waals surface area contributed by atoms with Crippen LogP contribution in [0.1, 0.15) is 61.3 Å². The van der Waals surface area contributed by atoms with E-state index in [4.69, 9.17) is 14.0 Å². The second kappa shape index (κ2) is 9.74. The van der Waals surface area contributed by atoms with Crippen molar-refractivity contribution in [3.63, 3.8) is 0 Å². The summed E-state index contributed by atoms with van der Waals surface area (Å²) in [5.74, 6) is 1.65. The maximum Gasteiger partial charge on any atom is 0.273 e. The SMILES string of the molecule is CC(C)(C)c1ccc(C(CNC(=O)c2cc(-c3ccc4c(c3)OCCO4)on2)N2CCCC2)cc1. The topological polar surface area (TPSA) is 76.8 Å². The minimum atomic E-state index is -0.243. The molecule has 2 aliphatic heterocycles. The van der Waals surface area contributed by atoms with Crippen LogP contribution < -0.4 is 14.8 Å². The van der Waals surface area contributed by atoms with Crippen molar-refractivity contribution in [1.29, 1.82) is 0 Å². The van der Waals surface area contributed by atoms with Gasteiger partial charge >= 0.3 is 0 Å². The molecular formula is C28H33N3O4. The van der Waals surface area contributed by atoms with Crippen molar-refractivity contribution in [2.24, 2.45) is 0 Å². The van der Waals surface area contributed by atoms with E-state index in [1.54, 1.807) is 6.07 Å². The molecule has 1 amide bonds. The summed E-state index contributed by atoms with van der Waals surface area (Å²) < 4.78 is 16.7. The summed E-state index contributed by atoms with van der Waals surface area (Å²) in [5, 5.41) is 7.10. The second-order valence-corrected chi connectivity index (χ2v) is 10.3. The Morgan fingerprint density at radius 3 is 2.43 bits per heavy atom. The number of fused-ring (bicyclic) bond motifs is 1. The highest BCUT2D eigenvalue weighted by Gasteiger charge is 2.25. The molecule has 7 heteroatoms. The number of rotatable bonds is 6. The van der Waals surface area contributed by atoms with E-state index in [0.29, 0.717) is 37.0 Å². The van der Waals surface area contributed by atoms with Crippen molar-refractivity contribution >= 4 is 5.91 Å². The van der Waals surface area contributed by atoms with Crippen LogP contribution in [-0.4, -0.2) is 48.8 Å². The fraction of sp³-hybridized carbons (Fsp3) is 0.429. The number of benzene rings is 2. The molecule has 7 nitrogen and oxygen atoms in total. The van der Waals surface area contributed by atoms with E-state index < -0.39 is 0 Å². The predicted molar refractivity (Wildman–Crippen MR) is 134 cm³/mol. The van der Waals surface area contributed by atoms with E-state index in [1.807, 2.05) is 18.2 Å². The molecule has 1 unspecified atom stereocenters. The third-order valence-corrected chi connectivity index (χ3v) is 6.77. The zero-order chi connectivity index (χ0) is 24.4. The number of likely N-dealkylation sites (tertiary alicyclic amines) is 1. The average Bonchev–Trinajstić information content (AvgIpc) is 3.57. The molecule has 35 heavy (non-hydrogen) atoms. The molecule has 0 radical (unpaired) electrons. The van der Waals surface area contributed by atoms with Gasteiger partial charge in [0.1, 0.15) is 13.2 Å². The maximum absolute atomic E-state index is 13.0. The number of hydrogen-bond acceptors (Lipinski definition) is 6. The van der Waals surface area contributed by atoms with Gasteiger partial charge in [-0.2, -0.15) is 0 Å². The normalized spacial score (nSPS) is 16.8. The second-order valence-electron chi connectivity index (χ2n) is 10.3. The molecule has 5 rings (SSSR count). The van der Waals surface area contributed by atoms with E-state index in [-0.39, 0.29) is 23.1 Å². The van der Waals surface area contributed by atoms with Crippen LogP contribution in [0.4, 0.5) is 0 Å². The Labute approximate surface area is 206 Å². The summed E-state index contributed by atoms with van der Waals surface area (Å²) in [6.45, 7) is 10.3. The Bertz CT molecular complexity index is 1170. The molecule has 0 spiro atoms. The molecule has 1 aromatic heterocycles. The Morgan fingerprint density at radius 2 is 1.71 bits per heavy atom. The van der Waals surface area contributed by atoms with Crippen molar-refractivity contribution in [1.82, 2.24) is 15.4 Å². The van der Waals surface area contributed by atoms with Crippen LogP contribution in [0.15, 0.2) is 53.1 Å². The van der Waals surface area contributed by atoms with E-state index in [9.17, 15) is 4.79 Å². The third kappa shape index (κ3) is 5.20. The predicted octanol–water partition coefficient (Wildman–Crippen LogP) is 4.98. The number of hydrogen-bond donors (Lipinski definition) is 1. The minimum Gasteiger partial charge on any atom is -0.486 e. The van der Waals surface area contributed by atoms with Crippen LogP contribution in [0.3, 0.4) is 0 Å². The molecule has 3 heterocycles. The number of aromatic nitrogens is 1. The molecule has 0 bridgehead atoms. The highest BCUT2D eigenvalue weighted by Crippen LogP contribution is 2.35. The molecule has 3 aromatic rings. The van der Waals surface area contributed by atoms with E-state index in [1.165, 1.54) is 24.0 Å². The lowest BCUT2D eigenvalue weighted by Gasteiger charge is -2.29. The fourth-order valence-corrected chi connectivity index (χ4v) is 4.71. The van der Waals surface area contributed by atoms with Crippen LogP contribution in [0.2, 0.25) is 0 Å². The molecular weight excluding hydrogens is 442 g/mol. The van der Waals surface area contributed by atoms with Gasteiger partial charge in [-0.05, 0) is 60.7 Å². The van der Waals surface area contributed by atoms with Crippen molar-refractivity contribution in [2.75, 3.05) is 32.8 Å². The monoisotopic (exact) mass is 475 g/mol. The van der Waals surface area contributed by atoms with Crippen LogP contribution in [0.5, 0.6) is 11.5 Å². The summed E-state index contributed by atoms with van der Waals surface area (Å²) in [5.41, 5.74) is 3.68. The van der Waals surface area contributed by atoms with Crippen molar-refractivity contribution in [3.8, 4) is 22.8 Å². The maximum atomic E-state index is 13.0. The van der Waals surface area contributed by atoms with Gasteiger partial charge in [0.05, 0.1) is 6.04 Å². The lowest BCUT2D eigenvalue weighted by Crippen LogP contribution is -2.37. The van der Waals surface area contributed by atoms with E-state index in [2.05, 4.69) is 60.4 Å². The number of ether oxygens (including phenoxy) is 2. The first-order valence-electron chi connectivity index (χ1n) is 12.4. The molecule has 0 saturated carbocycles. The smallest absolute Gasteiger partial charge is 0.273 e. The summed E-state index contributed by atoms with van der Waals surface area (Å²) in [7, 11) is 0. The number of carbonyl (C=O) groups excluding carboxylic acids is 1. The van der Waals surface area contributed by atoms with Gasteiger partial charge in [-0.15, -0.1) is 0 Å². The first-order valence-corrected chi connectivity index (χ1v) is 12.4. The standard InChI is InChI=1S/C28H33N3O4/c1-28(2,3)21-9-6-19(7-10-21)23(31-12-4-5-13-31)18-29-27(32)22-17-25(35-30-22)20-8-11-24-26(16-20)34-15-14-33-24/h6-11,16-17,23H,4-5,12-15,18H2,1-3H3,(H,29,32). The molecule has 1 saturated heterocycles. The van der Waals surface area contributed by atoms with Gasteiger partial charge in [-0.1, -0.05) is 50.2 Å². The molecule has 2 aromatic carbocycles. The minimum absolute atomic E-state index is 0.109. The lowest BCUT2D eigenvalue weighted by molar-refractivity contribution is 0.0929. The van der Waals surface area contributed by atoms with Crippen LogP contribution in [0, 0.1) is 0 Å². The van der Waals surface area contributed by atoms with Gasteiger partial charge in [-0.25, -0.2) is 0 Å². The largest absolute Gasteiger partial charge is 0.486 e. The zero-order valence-electron chi connectivity index (χ0n) is 20.7. The van der Waals surface area contributed by atoms with Gasteiger partial charge < -0.3 is 19.3 Å². The van der Waals surface area contributed by atoms with E-state index >= 15 is 0 Å². The van der Waals surface area contributed by atoms with E-state index in [0.717, 1.165) is 18.7 Å². The highest BCUT2D eigenvalue weighted by molar-refractivity contribution is 5.93. The summed E-state index contributed by atoms with van der Waals surface area (Å²) in [6, 6.07) is 16.2. The van der Waals surface area contributed by atoms with Crippen molar-refractivity contribution < 1.29 is 18.8 Å². The first-order chi connectivity index (χ1) is 16.9. The van der Waals surface area contributed by atoms with Gasteiger partial charge in [0.25, 0.3) is 5.91 Å². The summed E-state index contributed by atoms with van der Waals surface area (Å²) in [4.78, 5) is 15.4. The third-order valence-electron chi connectivity index (χ3n) is 6.77.